The van der Waals surface area contributed by atoms with Crippen molar-refractivity contribution in [3.63, 3.8) is 0 Å². The summed E-state index contributed by atoms with van der Waals surface area (Å²) in [7, 11) is 0. The van der Waals surface area contributed by atoms with Gasteiger partial charge in [-0.2, -0.15) is 0 Å². The van der Waals surface area contributed by atoms with Gasteiger partial charge in [0, 0.05) is 0 Å². The average Bonchev–Trinajstić information content (AvgIpc) is 2.44. The van der Waals surface area contributed by atoms with Gasteiger partial charge in [-0.15, -0.1) is 0 Å². The van der Waals surface area contributed by atoms with E-state index < -0.39 is 0 Å². The standard InChI is InChI=1S/C18H24/c1-5-13(3)15-11-12-16(14(4)6-2)18-10-8-7-9-17(15)18/h7-14H,5-6H2,1-4H3. The maximum Gasteiger partial charge on any atom is -0.0146 e. The van der Waals surface area contributed by atoms with Crippen LogP contribution in [0.25, 0.3) is 10.8 Å². The lowest BCUT2D eigenvalue weighted by molar-refractivity contribution is 0.729. The minimum atomic E-state index is 0.640. The van der Waals surface area contributed by atoms with Crippen molar-refractivity contribution in [2.75, 3.05) is 0 Å². The largest absolute Gasteiger partial charge is 0.0648 e. The Morgan fingerprint density at radius 2 is 1.11 bits per heavy atom. The molecule has 2 aromatic rings. The van der Waals surface area contributed by atoms with Gasteiger partial charge in [-0.05, 0) is 46.6 Å². The summed E-state index contributed by atoms with van der Waals surface area (Å²) in [5, 5.41) is 2.90. The van der Waals surface area contributed by atoms with Gasteiger partial charge in [-0.1, -0.05) is 64.1 Å². The normalized spacial score (nSPS) is 14.7. The first kappa shape index (κ1) is 13.1. The van der Waals surface area contributed by atoms with Crippen LogP contribution in [-0.4, -0.2) is 0 Å². The monoisotopic (exact) mass is 240 g/mol. The molecule has 0 N–H and O–H groups in total. The van der Waals surface area contributed by atoms with Crippen LogP contribution >= 0.6 is 0 Å². The summed E-state index contributed by atoms with van der Waals surface area (Å²) < 4.78 is 0. The number of benzene rings is 2. The predicted octanol–water partition coefficient (Wildman–Crippen LogP) is 5.87. The maximum absolute atomic E-state index is 2.35. The molecule has 2 atom stereocenters. The zero-order valence-electron chi connectivity index (χ0n) is 12.0. The molecule has 0 heteroatoms. The van der Waals surface area contributed by atoms with Crippen LogP contribution in [0.1, 0.15) is 63.5 Å². The van der Waals surface area contributed by atoms with Gasteiger partial charge < -0.3 is 0 Å². The highest BCUT2D eigenvalue weighted by Gasteiger charge is 2.12. The van der Waals surface area contributed by atoms with Crippen LogP contribution in [0.4, 0.5) is 0 Å². The SMILES string of the molecule is CCC(C)c1ccc(C(C)CC)c2ccccc12. The van der Waals surface area contributed by atoms with E-state index in [2.05, 4.69) is 64.1 Å². The van der Waals surface area contributed by atoms with Gasteiger partial charge in [-0.3, -0.25) is 0 Å². The average molecular weight is 240 g/mol. The highest BCUT2D eigenvalue weighted by atomic mass is 14.2. The van der Waals surface area contributed by atoms with Crippen LogP contribution in [0.3, 0.4) is 0 Å². The number of fused-ring (bicyclic) bond motifs is 1. The molecule has 0 heterocycles. The summed E-state index contributed by atoms with van der Waals surface area (Å²) in [6.07, 6.45) is 2.40. The Morgan fingerprint density at radius 1 is 0.722 bits per heavy atom. The molecular formula is C18H24. The van der Waals surface area contributed by atoms with E-state index in [0.29, 0.717) is 11.8 Å². The Kier molecular flexibility index (Phi) is 4.06. The van der Waals surface area contributed by atoms with E-state index >= 15 is 0 Å². The zero-order chi connectivity index (χ0) is 13.1. The Morgan fingerprint density at radius 3 is 1.44 bits per heavy atom. The third kappa shape index (κ3) is 2.29. The summed E-state index contributed by atoms with van der Waals surface area (Å²) in [6.45, 7) is 9.18. The first-order valence-corrected chi connectivity index (χ1v) is 7.20. The molecule has 0 aliphatic carbocycles. The van der Waals surface area contributed by atoms with E-state index in [0.717, 1.165) is 0 Å². The van der Waals surface area contributed by atoms with E-state index in [1.165, 1.54) is 34.7 Å². The molecule has 0 aliphatic rings. The number of hydrogen-bond acceptors (Lipinski definition) is 0. The van der Waals surface area contributed by atoms with Gasteiger partial charge in [0.2, 0.25) is 0 Å². The molecule has 2 unspecified atom stereocenters. The fourth-order valence-corrected chi connectivity index (χ4v) is 2.64. The van der Waals surface area contributed by atoms with Crippen LogP contribution in [0, 0.1) is 0 Å². The van der Waals surface area contributed by atoms with Gasteiger partial charge >= 0.3 is 0 Å². The number of rotatable bonds is 4. The van der Waals surface area contributed by atoms with Crippen molar-refractivity contribution in [1.29, 1.82) is 0 Å². The molecule has 0 spiro atoms. The Bertz CT molecular complexity index is 476. The molecule has 0 aliphatic heterocycles. The molecule has 0 bridgehead atoms. The predicted molar refractivity (Wildman–Crippen MR) is 81.4 cm³/mol. The molecule has 2 rings (SSSR count). The van der Waals surface area contributed by atoms with Gasteiger partial charge in [-0.25, -0.2) is 0 Å². The lowest BCUT2D eigenvalue weighted by Crippen LogP contribution is -1.98. The fraction of sp³-hybridized carbons (Fsp3) is 0.444. The molecule has 0 fully saturated rings. The van der Waals surface area contributed by atoms with Crippen molar-refractivity contribution in [1.82, 2.24) is 0 Å². The molecule has 0 saturated heterocycles. The van der Waals surface area contributed by atoms with Gasteiger partial charge in [0.15, 0.2) is 0 Å². The molecule has 2 aromatic carbocycles. The molecule has 0 amide bonds. The van der Waals surface area contributed by atoms with E-state index in [4.69, 9.17) is 0 Å². The quantitative estimate of drug-likeness (QED) is 0.627. The first-order valence-electron chi connectivity index (χ1n) is 7.20. The molecule has 0 nitrogen and oxygen atoms in total. The van der Waals surface area contributed by atoms with E-state index in [1.807, 2.05) is 0 Å². The van der Waals surface area contributed by atoms with Gasteiger partial charge in [0.05, 0.1) is 0 Å². The van der Waals surface area contributed by atoms with Crippen molar-refractivity contribution in [3.05, 3.63) is 47.5 Å². The van der Waals surface area contributed by atoms with Crippen LogP contribution in [0.15, 0.2) is 36.4 Å². The van der Waals surface area contributed by atoms with Crippen LogP contribution < -0.4 is 0 Å². The Hall–Kier alpha value is -1.30. The van der Waals surface area contributed by atoms with Crippen LogP contribution in [0.2, 0.25) is 0 Å². The molecule has 0 radical (unpaired) electrons. The fourth-order valence-electron chi connectivity index (χ4n) is 2.64. The molecular weight excluding hydrogens is 216 g/mol. The van der Waals surface area contributed by atoms with Gasteiger partial charge in [0.1, 0.15) is 0 Å². The highest BCUT2D eigenvalue weighted by Crippen LogP contribution is 2.33. The van der Waals surface area contributed by atoms with Crippen molar-refractivity contribution in [3.8, 4) is 0 Å². The van der Waals surface area contributed by atoms with Crippen LogP contribution in [0.5, 0.6) is 0 Å². The van der Waals surface area contributed by atoms with Crippen molar-refractivity contribution >= 4 is 10.8 Å². The van der Waals surface area contributed by atoms with Gasteiger partial charge in [0.25, 0.3) is 0 Å². The molecule has 18 heavy (non-hydrogen) atoms. The maximum atomic E-state index is 2.35. The van der Waals surface area contributed by atoms with E-state index in [-0.39, 0.29) is 0 Å². The summed E-state index contributed by atoms with van der Waals surface area (Å²) in [6, 6.07) is 13.6. The van der Waals surface area contributed by atoms with Crippen molar-refractivity contribution < 1.29 is 0 Å². The highest BCUT2D eigenvalue weighted by molar-refractivity contribution is 5.89. The zero-order valence-corrected chi connectivity index (χ0v) is 12.0. The van der Waals surface area contributed by atoms with Crippen molar-refractivity contribution in [2.24, 2.45) is 0 Å². The molecule has 0 aromatic heterocycles. The topological polar surface area (TPSA) is 0 Å². The summed E-state index contributed by atoms with van der Waals surface area (Å²) >= 11 is 0. The Balaban J connectivity index is 2.66. The molecule has 96 valence electrons. The number of hydrogen-bond donors (Lipinski definition) is 0. The summed E-state index contributed by atoms with van der Waals surface area (Å²) in [5.74, 6) is 1.28. The van der Waals surface area contributed by atoms with Crippen molar-refractivity contribution in [2.45, 2.75) is 52.4 Å². The second-order valence-corrected chi connectivity index (χ2v) is 5.41. The minimum absolute atomic E-state index is 0.640. The van der Waals surface area contributed by atoms with E-state index in [1.54, 1.807) is 0 Å². The van der Waals surface area contributed by atoms with Crippen LogP contribution in [-0.2, 0) is 0 Å². The second-order valence-electron chi connectivity index (χ2n) is 5.41. The third-order valence-electron chi connectivity index (χ3n) is 4.28. The minimum Gasteiger partial charge on any atom is -0.0648 e. The third-order valence-corrected chi connectivity index (χ3v) is 4.28. The smallest absolute Gasteiger partial charge is 0.0146 e. The Labute approximate surface area is 111 Å². The molecule has 0 saturated carbocycles. The lowest BCUT2D eigenvalue weighted by atomic mass is 9.87. The summed E-state index contributed by atoms with van der Waals surface area (Å²) in [4.78, 5) is 0. The first-order chi connectivity index (χ1) is 8.69. The van der Waals surface area contributed by atoms with E-state index in [9.17, 15) is 0 Å². The lowest BCUT2D eigenvalue weighted by Gasteiger charge is -2.18. The second kappa shape index (κ2) is 5.56. The summed E-state index contributed by atoms with van der Waals surface area (Å²) in [5.41, 5.74) is 3.00.